The van der Waals surface area contributed by atoms with E-state index in [0.29, 0.717) is 6.54 Å². The maximum Gasteiger partial charge on any atom is 0.410 e. The van der Waals surface area contributed by atoms with E-state index in [1.807, 2.05) is 51.1 Å². The van der Waals surface area contributed by atoms with Gasteiger partial charge in [0.05, 0.1) is 13.2 Å². The smallest absolute Gasteiger partial charge is 0.410 e. The van der Waals surface area contributed by atoms with E-state index >= 15 is 0 Å². The van der Waals surface area contributed by atoms with Gasteiger partial charge in [0.25, 0.3) is 0 Å². The number of hydrogen-bond donors (Lipinski definition) is 0. The largest absolute Gasteiger partial charge is 0.444 e. The van der Waals surface area contributed by atoms with Crippen molar-refractivity contribution in [1.29, 1.82) is 0 Å². The highest BCUT2D eigenvalue weighted by Crippen LogP contribution is 2.12. The third kappa shape index (κ3) is 5.19. The molecule has 0 aliphatic heterocycles. The standard InChI is InChI=1S/C14H20NO3/c1-14(2,3)18-13(17)15(9-10-16)11-12-7-5-4-6-8-12/h4-8H,9-11H2,1-3H3. The van der Waals surface area contributed by atoms with E-state index in [1.165, 1.54) is 4.90 Å². The van der Waals surface area contributed by atoms with Crippen LogP contribution in [0.1, 0.15) is 26.3 Å². The molecular formula is C14H20NO3. The van der Waals surface area contributed by atoms with Crippen LogP contribution in [0.2, 0.25) is 0 Å². The monoisotopic (exact) mass is 250 g/mol. The van der Waals surface area contributed by atoms with Gasteiger partial charge in [0.15, 0.2) is 0 Å². The lowest BCUT2D eigenvalue weighted by Gasteiger charge is -2.26. The highest BCUT2D eigenvalue weighted by Gasteiger charge is 2.21. The van der Waals surface area contributed by atoms with Crippen LogP contribution in [0.4, 0.5) is 4.79 Å². The predicted octanol–water partition coefficient (Wildman–Crippen LogP) is 2.85. The molecule has 0 atom stereocenters. The lowest BCUT2D eigenvalue weighted by atomic mass is 10.2. The van der Waals surface area contributed by atoms with Crippen molar-refractivity contribution in [3.8, 4) is 0 Å². The summed E-state index contributed by atoms with van der Waals surface area (Å²) in [6, 6.07) is 9.55. The molecule has 1 amide bonds. The Labute approximate surface area is 108 Å². The summed E-state index contributed by atoms with van der Waals surface area (Å²) < 4.78 is 5.27. The van der Waals surface area contributed by atoms with Crippen molar-refractivity contribution < 1.29 is 14.6 Å². The molecule has 1 aromatic rings. The first-order valence-electron chi connectivity index (χ1n) is 6.02. The van der Waals surface area contributed by atoms with E-state index in [0.717, 1.165) is 5.56 Å². The van der Waals surface area contributed by atoms with Crippen molar-refractivity contribution in [1.82, 2.24) is 4.90 Å². The van der Waals surface area contributed by atoms with Gasteiger partial charge in [-0.3, -0.25) is 0 Å². The molecular weight excluding hydrogens is 230 g/mol. The normalized spacial score (nSPS) is 11.1. The van der Waals surface area contributed by atoms with Crippen molar-refractivity contribution in [3.05, 3.63) is 35.9 Å². The molecule has 0 saturated carbocycles. The third-order valence-corrected chi connectivity index (χ3v) is 2.23. The first-order chi connectivity index (χ1) is 8.42. The molecule has 1 rings (SSSR count). The molecule has 0 aliphatic carbocycles. The van der Waals surface area contributed by atoms with Gasteiger partial charge in [0.1, 0.15) is 5.60 Å². The van der Waals surface area contributed by atoms with Crippen molar-refractivity contribution in [2.45, 2.75) is 32.9 Å². The average molecular weight is 250 g/mol. The topological polar surface area (TPSA) is 49.4 Å². The summed E-state index contributed by atoms with van der Waals surface area (Å²) in [6.45, 7) is 5.66. The molecule has 0 bridgehead atoms. The summed E-state index contributed by atoms with van der Waals surface area (Å²) in [5.74, 6) is 0. The van der Waals surface area contributed by atoms with Crippen molar-refractivity contribution in [3.63, 3.8) is 0 Å². The Bertz CT molecular complexity index is 370. The Morgan fingerprint density at radius 2 is 1.83 bits per heavy atom. The quantitative estimate of drug-likeness (QED) is 0.825. The van der Waals surface area contributed by atoms with Crippen molar-refractivity contribution in [2.75, 3.05) is 13.2 Å². The molecule has 0 unspecified atom stereocenters. The zero-order chi connectivity index (χ0) is 13.6. The predicted molar refractivity (Wildman–Crippen MR) is 68.6 cm³/mol. The first-order valence-corrected chi connectivity index (χ1v) is 6.02. The molecule has 0 N–H and O–H groups in total. The van der Waals surface area contributed by atoms with Gasteiger partial charge in [-0.25, -0.2) is 9.90 Å². The Morgan fingerprint density at radius 1 is 1.22 bits per heavy atom. The fourth-order valence-corrected chi connectivity index (χ4v) is 1.48. The van der Waals surface area contributed by atoms with Gasteiger partial charge < -0.3 is 9.64 Å². The molecule has 0 saturated heterocycles. The fourth-order valence-electron chi connectivity index (χ4n) is 1.48. The van der Waals surface area contributed by atoms with Gasteiger partial charge in [0, 0.05) is 6.54 Å². The highest BCUT2D eigenvalue weighted by atomic mass is 16.6. The minimum atomic E-state index is -0.547. The average Bonchev–Trinajstić information content (AvgIpc) is 2.27. The van der Waals surface area contributed by atoms with Crippen molar-refractivity contribution in [2.24, 2.45) is 0 Å². The van der Waals surface area contributed by atoms with Gasteiger partial charge in [-0.1, -0.05) is 30.3 Å². The van der Waals surface area contributed by atoms with Crippen LogP contribution in [-0.4, -0.2) is 29.7 Å². The van der Waals surface area contributed by atoms with E-state index in [9.17, 15) is 9.90 Å². The van der Waals surface area contributed by atoms with E-state index in [1.54, 1.807) is 0 Å². The van der Waals surface area contributed by atoms with Gasteiger partial charge >= 0.3 is 6.09 Å². The van der Waals surface area contributed by atoms with Crippen LogP contribution in [0.15, 0.2) is 30.3 Å². The number of ether oxygens (including phenoxy) is 1. The number of benzene rings is 1. The number of nitrogens with zero attached hydrogens (tertiary/aromatic N) is 1. The molecule has 0 heterocycles. The molecule has 99 valence electrons. The Balaban J connectivity index is 2.68. The number of carbonyl (C=O) groups excluding carboxylic acids is 1. The summed E-state index contributed by atoms with van der Waals surface area (Å²) >= 11 is 0. The molecule has 4 nitrogen and oxygen atoms in total. The minimum absolute atomic E-state index is 0.157. The summed E-state index contributed by atoms with van der Waals surface area (Å²) in [7, 11) is 0. The van der Waals surface area contributed by atoms with Crippen LogP contribution in [-0.2, 0) is 16.4 Å². The molecule has 1 radical (unpaired) electrons. The zero-order valence-electron chi connectivity index (χ0n) is 11.2. The summed E-state index contributed by atoms with van der Waals surface area (Å²) in [5.41, 5.74) is 0.436. The summed E-state index contributed by atoms with van der Waals surface area (Å²) in [5, 5.41) is 10.8. The van der Waals surface area contributed by atoms with E-state index in [2.05, 4.69) is 0 Å². The lowest BCUT2D eigenvalue weighted by Crippen LogP contribution is -2.37. The molecule has 4 heteroatoms. The molecule has 0 aliphatic rings. The molecule has 18 heavy (non-hydrogen) atoms. The van der Waals surface area contributed by atoms with Gasteiger partial charge in [0.2, 0.25) is 0 Å². The van der Waals surface area contributed by atoms with Crippen LogP contribution in [0.25, 0.3) is 0 Å². The van der Waals surface area contributed by atoms with Gasteiger partial charge in [-0.2, -0.15) is 0 Å². The maximum atomic E-state index is 11.9. The van der Waals surface area contributed by atoms with E-state index in [4.69, 9.17) is 4.74 Å². The van der Waals surface area contributed by atoms with Gasteiger partial charge in [-0.05, 0) is 26.3 Å². The molecule has 0 aromatic heterocycles. The second kappa shape index (κ2) is 6.40. The summed E-state index contributed by atoms with van der Waals surface area (Å²) in [4.78, 5) is 13.4. The summed E-state index contributed by atoms with van der Waals surface area (Å²) in [6.07, 6.45) is -0.442. The van der Waals surface area contributed by atoms with Crippen LogP contribution < -0.4 is 0 Å². The number of amides is 1. The second-order valence-corrected chi connectivity index (χ2v) is 5.09. The van der Waals surface area contributed by atoms with E-state index in [-0.39, 0.29) is 13.2 Å². The SMILES string of the molecule is CC(C)(C)OC(=O)N(CC[O])Cc1ccccc1. The molecule has 0 fully saturated rings. The van der Waals surface area contributed by atoms with Crippen LogP contribution in [0.5, 0.6) is 0 Å². The van der Waals surface area contributed by atoms with Crippen molar-refractivity contribution >= 4 is 6.09 Å². The van der Waals surface area contributed by atoms with Gasteiger partial charge in [-0.15, -0.1) is 0 Å². The Morgan fingerprint density at radius 3 is 2.33 bits per heavy atom. The van der Waals surface area contributed by atoms with Crippen LogP contribution in [0, 0.1) is 0 Å². The number of rotatable bonds is 4. The molecule has 0 spiro atoms. The highest BCUT2D eigenvalue weighted by molar-refractivity contribution is 5.68. The first kappa shape index (κ1) is 14.5. The maximum absolute atomic E-state index is 11.9. The number of hydrogen-bond acceptors (Lipinski definition) is 2. The Kier molecular flexibility index (Phi) is 5.16. The minimum Gasteiger partial charge on any atom is -0.444 e. The van der Waals surface area contributed by atoms with E-state index < -0.39 is 11.7 Å². The zero-order valence-corrected chi connectivity index (χ0v) is 11.2. The van der Waals surface area contributed by atoms with Crippen LogP contribution >= 0.6 is 0 Å². The van der Waals surface area contributed by atoms with Crippen LogP contribution in [0.3, 0.4) is 0 Å². The second-order valence-electron chi connectivity index (χ2n) is 5.09. The number of carbonyl (C=O) groups is 1. The lowest BCUT2D eigenvalue weighted by molar-refractivity contribution is 0.0173. The third-order valence-electron chi connectivity index (χ3n) is 2.23. The Hall–Kier alpha value is -1.55. The fraction of sp³-hybridized carbons (Fsp3) is 0.500. The molecule has 1 aromatic carbocycles.